The zero-order valence-electron chi connectivity index (χ0n) is 10.3. The number of nitrogens with one attached hydrogen (secondary N) is 1. The molecule has 0 radical (unpaired) electrons. The second kappa shape index (κ2) is 4.19. The number of halogens is 1. The lowest BCUT2D eigenvalue weighted by molar-refractivity contribution is -0.145. The summed E-state index contributed by atoms with van der Waals surface area (Å²) in [6.07, 6.45) is 0.535. The Bertz CT molecular complexity index is 689. The van der Waals surface area contributed by atoms with Crippen molar-refractivity contribution < 1.29 is 18.7 Å². The largest absolute Gasteiger partial charge is 0.469 e. The minimum absolute atomic E-state index is 0.114. The van der Waals surface area contributed by atoms with E-state index >= 15 is 0 Å². The molecule has 1 aromatic heterocycles. The molecule has 2 aromatic rings. The Morgan fingerprint density at radius 3 is 2.95 bits per heavy atom. The first kappa shape index (κ1) is 11.9. The lowest BCUT2D eigenvalue weighted by Crippen LogP contribution is -2.27. The van der Waals surface area contributed by atoms with E-state index < -0.39 is 5.92 Å². The van der Waals surface area contributed by atoms with Crippen LogP contribution >= 0.6 is 0 Å². The van der Waals surface area contributed by atoms with Crippen molar-refractivity contribution in [1.82, 2.24) is 4.98 Å². The molecule has 5 heteroatoms. The lowest BCUT2D eigenvalue weighted by atomic mass is 9.86. The van der Waals surface area contributed by atoms with Crippen molar-refractivity contribution >= 4 is 22.7 Å². The highest BCUT2D eigenvalue weighted by Crippen LogP contribution is 2.32. The Labute approximate surface area is 108 Å². The highest BCUT2D eigenvalue weighted by Gasteiger charge is 2.33. The van der Waals surface area contributed by atoms with Crippen LogP contribution in [0.4, 0.5) is 4.39 Å². The number of carbonyl (C=O) groups is 2. The monoisotopic (exact) mass is 261 g/mol. The Hall–Kier alpha value is -2.17. The van der Waals surface area contributed by atoms with Gasteiger partial charge in [-0.05, 0) is 18.2 Å². The maximum Gasteiger partial charge on any atom is 0.309 e. The van der Waals surface area contributed by atoms with Crippen LogP contribution in [-0.4, -0.2) is 23.8 Å². The molecule has 4 nitrogen and oxygen atoms in total. The van der Waals surface area contributed by atoms with E-state index in [1.165, 1.54) is 19.2 Å². The number of aromatic amines is 1. The van der Waals surface area contributed by atoms with Crippen LogP contribution in [0.2, 0.25) is 0 Å². The fourth-order valence-corrected chi connectivity index (χ4v) is 2.67. The first-order valence-electron chi connectivity index (χ1n) is 6.01. The summed E-state index contributed by atoms with van der Waals surface area (Å²) in [5, 5.41) is 0.586. The average molecular weight is 261 g/mol. The van der Waals surface area contributed by atoms with Crippen LogP contribution < -0.4 is 0 Å². The predicted octanol–water partition coefficient (Wildman–Crippen LogP) is 2.23. The number of hydrogen-bond acceptors (Lipinski definition) is 3. The molecule has 98 valence electrons. The van der Waals surface area contributed by atoms with Crippen LogP contribution in [0.3, 0.4) is 0 Å². The number of methoxy groups -OCH3 is 1. The summed E-state index contributed by atoms with van der Waals surface area (Å²) in [6.45, 7) is 0. The fraction of sp³-hybridized carbons (Fsp3) is 0.286. The number of H-pyrrole nitrogens is 1. The molecule has 0 spiro atoms. The summed E-state index contributed by atoms with van der Waals surface area (Å²) in [5.74, 6) is -1.36. The maximum atomic E-state index is 13.3. The van der Waals surface area contributed by atoms with Gasteiger partial charge in [0.25, 0.3) is 0 Å². The van der Waals surface area contributed by atoms with Gasteiger partial charge in [0.1, 0.15) is 5.82 Å². The molecule has 1 N–H and O–H groups in total. The molecule has 0 bridgehead atoms. The number of carbonyl (C=O) groups excluding carboxylic acids is 2. The molecule has 0 fully saturated rings. The summed E-state index contributed by atoms with van der Waals surface area (Å²) >= 11 is 0. The number of rotatable bonds is 1. The second-order valence-corrected chi connectivity index (χ2v) is 4.72. The number of hydrogen-bond donors (Lipinski definition) is 1. The highest BCUT2D eigenvalue weighted by molar-refractivity contribution is 6.11. The zero-order valence-corrected chi connectivity index (χ0v) is 10.3. The van der Waals surface area contributed by atoms with Crippen molar-refractivity contribution in [3.8, 4) is 0 Å². The Morgan fingerprint density at radius 1 is 1.42 bits per heavy atom. The summed E-state index contributed by atoms with van der Waals surface area (Å²) in [5.41, 5.74) is 1.91. The quantitative estimate of drug-likeness (QED) is 0.801. The van der Waals surface area contributed by atoms with Gasteiger partial charge < -0.3 is 9.72 Å². The third kappa shape index (κ3) is 1.82. The number of fused-ring (bicyclic) bond motifs is 3. The maximum absolute atomic E-state index is 13.3. The molecule has 1 aliphatic rings. The minimum atomic E-state index is -0.456. The van der Waals surface area contributed by atoms with Gasteiger partial charge in [-0.25, -0.2) is 4.39 Å². The topological polar surface area (TPSA) is 59.2 Å². The molecule has 0 amide bonds. The number of benzene rings is 1. The van der Waals surface area contributed by atoms with Crippen molar-refractivity contribution in [2.75, 3.05) is 7.11 Å². The zero-order chi connectivity index (χ0) is 13.6. The van der Waals surface area contributed by atoms with Gasteiger partial charge in [0.2, 0.25) is 0 Å². The van der Waals surface area contributed by atoms with Crippen molar-refractivity contribution in [2.24, 2.45) is 5.92 Å². The molecule has 19 heavy (non-hydrogen) atoms. The minimum Gasteiger partial charge on any atom is -0.469 e. The number of aromatic nitrogens is 1. The summed E-state index contributed by atoms with van der Waals surface area (Å²) in [7, 11) is 1.31. The number of ether oxygens (including phenoxy) is 1. The van der Waals surface area contributed by atoms with E-state index in [4.69, 9.17) is 0 Å². The van der Waals surface area contributed by atoms with Gasteiger partial charge in [-0.3, -0.25) is 9.59 Å². The van der Waals surface area contributed by atoms with E-state index in [1.54, 1.807) is 6.07 Å². The molecular formula is C14H12FNO3. The number of Topliss-reactive ketones (excluding diaryl/α,β-unsaturated/α-hetero) is 1. The van der Waals surface area contributed by atoms with Gasteiger partial charge in [-0.2, -0.15) is 0 Å². The summed E-state index contributed by atoms with van der Waals surface area (Å²) in [6, 6.07) is 4.29. The van der Waals surface area contributed by atoms with Gasteiger partial charge in [0.05, 0.1) is 13.0 Å². The van der Waals surface area contributed by atoms with Gasteiger partial charge in [-0.1, -0.05) is 0 Å². The smallest absolute Gasteiger partial charge is 0.309 e. The standard InChI is InChI=1S/C14H12FNO3/c1-19-14(18)7-4-11-13(12(17)5-7)9-6-8(15)2-3-10(9)16-11/h2-3,6-7,16H,4-5H2,1H3. The number of esters is 1. The first-order valence-corrected chi connectivity index (χ1v) is 6.01. The van der Waals surface area contributed by atoms with Crippen LogP contribution in [-0.2, 0) is 16.0 Å². The van der Waals surface area contributed by atoms with E-state index in [9.17, 15) is 14.0 Å². The molecule has 0 saturated heterocycles. The van der Waals surface area contributed by atoms with Gasteiger partial charge in [0.15, 0.2) is 5.78 Å². The van der Waals surface area contributed by atoms with Gasteiger partial charge in [-0.15, -0.1) is 0 Å². The van der Waals surface area contributed by atoms with E-state index in [0.29, 0.717) is 28.6 Å². The Morgan fingerprint density at radius 2 is 2.21 bits per heavy atom. The van der Waals surface area contributed by atoms with Crippen molar-refractivity contribution in [3.63, 3.8) is 0 Å². The van der Waals surface area contributed by atoms with Crippen LogP contribution in [0, 0.1) is 11.7 Å². The van der Waals surface area contributed by atoms with Gasteiger partial charge >= 0.3 is 5.97 Å². The molecule has 0 aliphatic heterocycles. The molecule has 0 saturated carbocycles. The average Bonchev–Trinajstić information content (AvgIpc) is 2.75. The van der Waals surface area contributed by atoms with Crippen LogP contribution in [0.1, 0.15) is 22.5 Å². The van der Waals surface area contributed by atoms with E-state index in [0.717, 1.165) is 0 Å². The molecular weight excluding hydrogens is 249 g/mol. The van der Waals surface area contributed by atoms with Gasteiger partial charge in [0, 0.05) is 35.0 Å². The second-order valence-electron chi connectivity index (χ2n) is 4.72. The van der Waals surface area contributed by atoms with Crippen LogP contribution in [0.15, 0.2) is 18.2 Å². The Balaban J connectivity index is 2.12. The highest BCUT2D eigenvalue weighted by atomic mass is 19.1. The first-order chi connectivity index (χ1) is 9.10. The van der Waals surface area contributed by atoms with Crippen molar-refractivity contribution in [2.45, 2.75) is 12.8 Å². The molecule has 3 rings (SSSR count). The molecule has 1 atom stereocenters. The Kier molecular flexibility index (Phi) is 2.62. The van der Waals surface area contributed by atoms with E-state index in [-0.39, 0.29) is 24.0 Å². The van der Waals surface area contributed by atoms with Crippen LogP contribution in [0.5, 0.6) is 0 Å². The summed E-state index contributed by atoms with van der Waals surface area (Å²) in [4.78, 5) is 26.8. The van der Waals surface area contributed by atoms with Crippen LogP contribution in [0.25, 0.3) is 10.9 Å². The molecule has 1 aliphatic carbocycles. The van der Waals surface area contributed by atoms with E-state index in [1.807, 2.05) is 0 Å². The SMILES string of the molecule is COC(=O)C1CC(=O)c2c([nH]c3ccc(F)cc23)C1. The van der Waals surface area contributed by atoms with Crippen molar-refractivity contribution in [1.29, 1.82) is 0 Å². The number of ketones is 1. The fourth-order valence-electron chi connectivity index (χ4n) is 2.67. The third-order valence-electron chi connectivity index (χ3n) is 3.53. The molecule has 1 aromatic carbocycles. The normalized spacial score (nSPS) is 18.4. The van der Waals surface area contributed by atoms with E-state index in [2.05, 4.69) is 9.72 Å². The molecule has 1 heterocycles. The predicted molar refractivity (Wildman–Crippen MR) is 66.4 cm³/mol. The summed E-state index contributed by atoms with van der Waals surface area (Å²) < 4.78 is 18.0. The lowest BCUT2D eigenvalue weighted by Gasteiger charge is -2.18. The molecule has 1 unspecified atom stereocenters. The van der Waals surface area contributed by atoms with Crippen molar-refractivity contribution in [3.05, 3.63) is 35.3 Å². The third-order valence-corrected chi connectivity index (χ3v) is 3.53.